The van der Waals surface area contributed by atoms with E-state index >= 15 is 0 Å². The first-order valence-electron chi connectivity index (χ1n) is 9.34. The van der Waals surface area contributed by atoms with E-state index in [-0.39, 0.29) is 18.2 Å². The predicted molar refractivity (Wildman–Crippen MR) is 109 cm³/mol. The van der Waals surface area contributed by atoms with Gasteiger partial charge in [0.15, 0.2) is 5.11 Å². The fourth-order valence-electron chi connectivity index (χ4n) is 3.36. The van der Waals surface area contributed by atoms with Crippen molar-refractivity contribution in [2.45, 2.75) is 51.0 Å². The number of nitrogens with zero attached hydrogens (tertiary/aromatic N) is 1. The van der Waals surface area contributed by atoms with Crippen molar-refractivity contribution in [3.8, 4) is 5.75 Å². The number of hydrogen-bond donors (Lipinski definition) is 3. The topological polar surface area (TPSA) is 88.9 Å². The van der Waals surface area contributed by atoms with E-state index in [1.165, 1.54) is 4.90 Å². The summed E-state index contributed by atoms with van der Waals surface area (Å²) in [6.07, 6.45) is -1.15. The van der Waals surface area contributed by atoms with Crippen LogP contribution in [0.1, 0.15) is 26.3 Å². The van der Waals surface area contributed by atoms with Crippen molar-refractivity contribution in [3.05, 3.63) is 23.8 Å². The number of carbonyl (C=O) groups is 1. The van der Waals surface area contributed by atoms with E-state index in [0.717, 1.165) is 23.4 Å². The molecular formula is C19H27FN4O3S. The zero-order valence-electron chi connectivity index (χ0n) is 16.3. The standard InChI is InChI=1S/C19H27FN4O3S/c1-19(2,3)27-18(25)24-9-12(20)16(13(21)10-24)23-17(28)22-14-5-4-6-15-11(14)7-8-26-15/h4-6,12-13,16H,7-10,21H2,1-3H3,(H2,22,23,28)/t12-,13-,16+/m1/s1. The molecule has 0 saturated carbocycles. The summed E-state index contributed by atoms with van der Waals surface area (Å²) < 4.78 is 25.6. The smallest absolute Gasteiger partial charge is 0.410 e. The van der Waals surface area contributed by atoms with Crippen LogP contribution in [-0.4, -0.2) is 59.7 Å². The number of amides is 1. The highest BCUT2D eigenvalue weighted by Gasteiger charge is 2.39. The molecule has 1 amide bonds. The van der Waals surface area contributed by atoms with E-state index in [4.69, 9.17) is 27.4 Å². The molecule has 1 aromatic rings. The van der Waals surface area contributed by atoms with Crippen LogP contribution < -0.4 is 21.1 Å². The first-order chi connectivity index (χ1) is 13.1. The Labute approximate surface area is 169 Å². The molecule has 2 aliphatic heterocycles. The maximum atomic E-state index is 14.8. The third kappa shape index (κ3) is 4.82. The monoisotopic (exact) mass is 410 g/mol. The normalized spacial score (nSPS) is 24.2. The highest BCUT2D eigenvalue weighted by molar-refractivity contribution is 7.80. The summed E-state index contributed by atoms with van der Waals surface area (Å²) >= 11 is 5.36. The van der Waals surface area contributed by atoms with Crippen LogP contribution in [0, 0.1) is 0 Å². The summed E-state index contributed by atoms with van der Waals surface area (Å²) in [4.78, 5) is 13.5. The molecule has 1 saturated heterocycles. The maximum Gasteiger partial charge on any atom is 0.410 e. The maximum absolute atomic E-state index is 14.8. The van der Waals surface area contributed by atoms with Crippen LogP contribution in [0.2, 0.25) is 0 Å². The molecule has 9 heteroatoms. The van der Waals surface area contributed by atoms with Gasteiger partial charge in [-0.05, 0) is 45.1 Å². The minimum atomic E-state index is -1.37. The van der Waals surface area contributed by atoms with Crippen LogP contribution >= 0.6 is 12.2 Å². The van der Waals surface area contributed by atoms with Crippen LogP contribution in [0.15, 0.2) is 18.2 Å². The minimum absolute atomic E-state index is 0.0997. The Balaban J connectivity index is 1.58. The van der Waals surface area contributed by atoms with E-state index < -0.39 is 29.9 Å². The average molecular weight is 411 g/mol. The number of piperidine rings is 1. The molecule has 1 fully saturated rings. The Morgan fingerprint density at radius 2 is 2.14 bits per heavy atom. The number of ether oxygens (including phenoxy) is 2. The number of nitrogens with one attached hydrogen (secondary N) is 2. The molecule has 4 N–H and O–H groups in total. The van der Waals surface area contributed by atoms with Gasteiger partial charge in [-0.3, -0.25) is 0 Å². The van der Waals surface area contributed by atoms with Crippen LogP contribution in [0.4, 0.5) is 14.9 Å². The molecule has 28 heavy (non-hydrogen) atoms. The molecule has 0 unspecified atom stereocenters. The Hall–Kier alpha value is -2.13. The molecule has 0 aromatic heterocycles. The summed E-state index contributed by atoms with van der Waals surface area (Å²) in [6.45, 7) is 6.01. The van der Waals surface area contributed by atoms with Gasteiger partial charge in [-0.25, -0.2) is 9.18 Å². The summed E-state index contributed by atoms with van der Waals surface area (Å²) in [5.41, 5.74) is 7.37. The predicted octanol–water partition coefficient (Wildman–Crippen LogP) is 2.19. The zero-order chi connectivity index (χ0) is 20.5. The van der Waals surface area contributed by atoms with Crippen molar-refractivity contribution in [2.75, 3.05) is 25.0 Å². The highest BCUT2D eigenvalue weighted by Crippen LogP contribution is 2.31. The van der Waals surface area contributed by atoms with E-state index in [1.807, 2.05) is 18.2 Å². The van der Waals surface area contributed by atoms with E-state index in [0.29, 0.717) is 6.61 Å². The lowest BCUT2D eigenvalue weighted by Gasteiger charge is -2.40. The third-order valence-corrected chi connectivity index (χ3v) is 4.84. The highest BCUT2D eigenvalue weighted by atomic mass is 32.1. The molecule has 0 bridgehead atoms. The number of carbonyl (C=O) groups excluding carboxylic acids is 1. The van der Waals surface area contributed by atoms with Crippen molar-refractivity contribution in [2.24, 2.45) is 5.73 Å². The molecule has 3 rings (SSSR count). The fraction of sp³-hybridized carbons (Fsp3) is 0.579. The molecule has 0 aliphatic carbocycles. The Morgan fingerprint density at radius 3 is 2.82 bits per heavy atom. The number of benzene rings is 1. The largest absolute Gasteiger partial charge is 0.493 e. The van der Waals surface area contributed by atoms with Crippen molar-refractivity contribution < 1.29 is 18.7 Å². The number of halogens is 1. The van der Waals surface area contributed by atoms with Gasteiger partial charge >= 0.3 is 6.09 Å². The Bertz CT molecular complexity index is 743. The first kappa shape index (κ1) is 20.6. The van der Waals surface area contributed by atoms with Crippen LogP contribution in [-0.2, 0) is 11.2 Å². The lowest BCUT2D eigenvalue weighted by atomic mass is 9.98. The van der Waals surface area contributed by atoms with E-state index in [9.17, 15) is 9.18 Å². The molecule has 2 aliphatic rings. The summed E-state index contributed by atoms with van der Waals surface area (Å²) in [5.74, 6) is 0.832. The number of thiocarbonyl (C=S) groups is 1. The van der Waals surface area contributed by atoms with Gasteiger partial charge in [0.2, 0.25) is 0 Å². The number of hydrogen-bond acceptors (Lipinski definition) is 5. The third-order valence-electron chi connectivity index (χ3n) is 4.62. The fourth-order valence-corrected chi connectivity index (χ4v) is 3.60. The summed E-state index contributed by atoms with van der Waals surface area (Å²) in [7, 11) is 0. The van der Waals surface area contributed by atoms with E-state index in [1.54, 1.807) is 20.8 Å². The number of fused-ring (bicyclic) bond motifs is 1. The quantitative estimate of drug-likeness (QED) is 0.644. The SMILES string of the molecule is CC(C)(C)OC(=O)N1C[C@@H](N)[C@@H](NC(=S)Nc2cccc3c2CCO3)[C@H](F)C1. The summed E-state index contributed by atoms with van der Waals surface area (Å²) in [6, 6.07) is 4.36. The van der Waals surface area contributed by atoms with Crippen molar-refractivity contribution in [1.82, 2.24) is 10.2 Å². The Kier molecular flexibility index (Phi) is 5.95. The van der Waals surface area contributed by atoms with Crippen LogP contribution in [0.25, 0.3) is 0 Å². The number of rotatable bonds is 2. The van der Waals surface area contributed by atoms with Gasteiger partial charge in [0.25, 0.3) is 0 Å². The lowest BCUT2D eigenvalue weighted by molar-refractivity contribution is 0.00739. The van der Waals surface area contributed by atoms with Gasteiger partial charge in [0.05, 0.1) is 19.2 Å². The first-order valence-corrected chi connectivity index (χ1v) is 9.74. The lowest BCUT2D eigenvalue weighted by Crippen LogP contribution is -2.65. The molecule has 0 radical (unpaired) electrons. The molecule has 3 atom stereocenters. The molecule has 7 nitrogen and oxygen atoms in total. The van der Waals surface area contributed by atoms with Crippen molar-refractivity contribution in [3.63, 3.8) is 0 Å². The second-order valence-electron chi connectivity index (χ2n) is 8.07. The minimum Gasteiger partial charge on any atom is -0.493 e. The number of likely N-dealkylation sites (tertiary alicyclic amines) is 1. The average Bonchev–Trinajstić information content (AvgIpc) is 3.06. The molecule has 1 aromatic carbocycles. The summed E-state index contributed by atoms with van der Waals surface area (Å²) in [5, 5.41) is 6.36. The Morgan fingerprint density at radius 1 is 1.39 bits per heavy atom. The van der Waals surface area contributed by atoms with Gasteiger partial charge in [-0.1, -0.05) is 6.07 Å². The van der Waals surface area contributed by atoms with Crippen molar-refractivity contribution >= 4 is 29.1 Å². The molecule has 2 heterocycles. The van der Waals surface area contributed by atoms with Gasteiger partial charge in [0, 0.05) is 30.3 Å². The molecule has 154 valence electrons. The molecular weight excluding hydrogens is 383 g/mol. The van der Waals surface area contributed by atoms with Gasteiger partial charge in [-0.2, -0.15) is 0 Å². The number of nitrogens with two attached hydrogens (primary N) is 1. The van der Waals surface area contributed by atoms with Gasteiger partial charge < -0.3 is 30.7 Å². The van der Waals surface area contributed by atoms with Crippen LogP contribution in [0.5, 0.6) is 5.75 Å². The van der Waals surface area contributed by atoms with Crippen LogP contribution in [0.3, 0.4) is 0 Å². The number of anilines is 1. The zero-order valence-corrected chi connectivity index (χ0v) is 17.1. The van der Waals surface area contributed by atoms with Gasteiger partial charge in [0.1, 0.15) is 17.5 Å². The van der Waals surface area contributed by atoms with Gasteiger partial charge in [-0.15, -0.1) is 0 Å². The van der Waals surface area contributed by atoms with E-state index in [2.05, 4.69) is 10.6 Å². The van der Waals surface area contributed by atoms with Crippen molar-refractivity contribution in [1.29, 1.82) is 0 Å². The number of alkyl halides is 1. The second-order valence-corrected chi connectivity index (χ2v) is 8.48. The second kappa shape index (κ2) is 8.08. The molecule has 0 spiro atoms.